The van der Waals surface area contributed by atoms with Crippen LogP contribution in [0.5, 0.6) is 0 Å². The molecule has 2 nitrogen and oxygen atoms in total. The molecule has 1 aromatic carbocycles. The second-order valence-corrected chi connectivity index (χ2v) is 4.75. The van der Waals surface area contributed by atoms with E-state index in [1.54, 1.807) is 6.26 Å². The zero-order valence-electron chi connectivity index (χ0n) is 8.49. The highest BCUT2D eigenvalue weighted by Crippen LogP contribution is 2.27. The van der Waals surface area contributed by atoms with Gasteiger partial charge >= 0.3 is 0 Å². The molecular weight excluding hydrogens is 289 g/mol. The van der Waals surface area contributed by atoms with Gasteiger partial charge in [-0.2, -0.15) is 0 Å². The van der Waals surface area contributed by atoms with Crippen LogP contribution in [0.4, 0.5) is 0 Å². The van der Waals surface area contributed by atoms with Gasteiger partial charge < -0.3 is 10.2 Å². The Morgan fingerprint density at radius 3 is 2.69 bits per heavy atom. The predicted octanol–water partition coefficient (Wildman–Crippen LogP) is 3.94. The Balaban J connectivity index is 2.17. The van der Waals surface area contributed by atoms with Gasteiger partial charge in [0, 0.05) is 16.1 Å². The largest absolute Gasteiger partial charge is 0.453 e. The van der Waals surface area contributed by atoms with E-state index in [4.69, 9.17) is 21.8 Å². The number of hydrogen-bond donors (Lipinski definition) is 1. The Morgan fingerprint density at radius 2 is 2.06 bits per heavy atom. The summed E-state index contributed by atoms with van der Waals surface area (Å²) < 4.78 is 6.09. The van der Waals surface area contributed by atoms with Crippen molar-refractivity contribution in [3.8, 4) is 0 Å². The molecule has 0 aliphatic rings. The van der Waals surface area contributed by atoms with Gasteiger partial charge in [-0.15, -0.1) is 0 Å². The SMILES string of the molecule is NC(Cc1ccccc1Br)c1ccoc1Cl. The fourth-order valence-electron chi connectivity index (χ4n) is 1.58. The minimum atomic E-state index is -0.148. The van der Waals surface area contributed by atoms with Crippen LogP contribution in [0.2, 0.25) is 5.22 Å². The first kappa shape index (κ1) is 11.7. The van der Waals surface area contributed by atoms with Crippen molar-refractivity contribution in [3.63, 3.8) is 0 Å². The smallest absolute Gasteiger partial charge is 0.197 e. The predicted molar refractivity (Wildman–Crippen MR) is 68.5 cm³/mol. The third-order valence-electron chi connectivity index (χ3n) is 2.44. The summed E-state index contributed by atoms with van der Waals surface area (Å²) >= 11 is 9.38. The molecule has 4 heteroatoms. The molecule has 1 heterocycles. The van der Waals surface area contributed by atoms with E-state index in [9.17, 15) is 0 Å². The summed E-state index contributed by atoms with van der Waals surface area (Å²) in [6.45, 7) is 0. The van der Waals surface area contributed by atoms with Gasteiger partial charge in [-0.3, -0.25) is 0 Å². The van der Waals surface area contributed by atoms with Gasteiger partial charge in [0.2, 0.25) is 0 Å². The van der Waals surface area contributed by atoms with Crippen LogP contribution in [-0.2, 0) is 6.42 Å². The zero-order chi connectivity index (χ0) is 11.5. The van der Waals surface area contributed by atoms with E-state index >= 15 is 0 Å². The molecule has 0 aliphatic heterocycles. The number of rotatable bonds is 3. The van der Waals surface area contributed by atoms with Crippen molar-refractivity contribution in [2.45, 2.75) is 12.5 Å². The lowest BCUT2D eigenvalue weighted by atomic mass is 10.0. The maximum absolute atomic E-state index is 6.08. The van der Waals surface area contributed by atoms with Crippen LogP contribution in [0.15, 0.2) is 45.5 Å². The molecule has 0 fully saturated rings. The fraction of sp³-hybridized carbons (Fsp3) is 0.167. The van der Waals surface area contributed by atoms with Crippen LogP contribution >= 0.6 is 27.5 Å². The van der Waals surface area contributed by atoms with Crippen LogP contribution in [-0.4, -0.2) is 0 Å². The quantitative estimate of drug-likeness (QED) is 0.932. The second-order valence-electron chi connectivity index (χ2n) is 3.55. The number of benzene rings is 1. The number of hydrogen-bond acceptors (Lipinski definition) is 2. The van der Waals surface area contributed by atoms with Crippen molar-refractivity contribution >= 4 is 27.5 Å². The van der Waals surface area contributed by atoms with Gasteiger partial charge in [0.05, 0.1) is 6.26 Å². The molecule has 0 saturated heterocycles. The molecule has 0 amide bonds. The highest BCUT2D eigenvalue weighted by atomic mass is 79.9. The van der Waals surface area contributed by atoms with Crippen molar-refractivity contribution < 1.29 is 4.42 Å². The van der Waals surface area contributed by atoms with Crippen molar-refractivity contribution in [3.05, 3.63) is 57.4 Å². The fourth-order valence-corrected chi connectivity index (χ4v) is 2.28. The molecule has 0 saturated carbocycles. The van der Waals surface area contributed by atoms with Crippen molar-refractivity contribution in [2.24, 2.45) is 5.73 Å². The lowest BCUT2D eigenvalue weighted by Gasteiger charge is -2.11. The van der Waals surface area contributed by atoms with E-state index in [0.717, 1.165) is 22.0 Å². The van der Waals surface area contributed by atoms with Gasteiger partial charge in [0.25, 0.3) is 0 Å². The molecule has 2 N–H and O–H groups in total. The number of halogens is 2. The average Bonchev–Trinajstić information content (AvgIpc) is 2.68. The van der Waals surface area contributed by atoms with E-state index in [-0.39, 0.29) is 6.04 Å². The van der Waals surface area contributed by atoms with E-state index in [1.165, 1.54) is 0 Å². The molecule has 16 heavy (non-hydrogen) atoms. The summed E-state index contributed by atoms with van der Waals surface area (Å²) in [6, 6.07) is 9.67. The van der Waals surface area contributed by atoms with E-state index in [1.807, 2.05) is 30.3 Å². The highest BCUT2D eigenvalue weighted by molar-refractivity contribution is 9.10. The number of nitrogens with two attached hydrogens (primary N) is 1. The first-order valence-corrected chi connectivity index (χ1v) is 6.07. The standard InChI is InChI=1S/C12H11BrClNO/c13-10-4-2-1-3-8(10)7-11(15)9-5-6-16-12(9)14/h1-6,11H,7,15H2. The lowest BCUT2D eigenvalue weighted by Crippen LogP contribution is -2.13. The Bertz CT molecular complexity index is 483. The van der Waals surface area contributed by atoms with Crippen LogP contribution in [0, 0.1) is 0 Å². The molecule has 0 aliphatic carbocycles. The topological polar surface area (TPSA) is 39.2 Å². The van der Waals surface area contributed by atoms with Crippen LogP contribution in [0.3, 0.4) is 0 Å². The molecule has 1 unspecified atom stereocenters. The molecule has 1 aromatic heterocycles. The van der Waals surface area contributed by atoms with Crippen LogP contribution in [0.1, 0.15) is 17.2 Å². The lowest BCUT2D eigenvalue weighted by molar-refractivity contribution is 0.560. The van der Waals surface area contributed by atoms with Crippen LogP contribution < -0.4 is 5.73 Å². The summed E-state index contributed by atoms with van der Waals surface area (Å²) in [7, 11) is 0. The van der Waals surface area contributed by atoms with Crippen LogP contribution in [0.25, 0.3) is 0 Å². The molecule has 0 radical (unpaired) electrons. The maximum Gasteiger partial charge on any atom is 0.197 e. The summed E-state index contributed by atoms with van der Waals surface area (Å²) in [5.41, 5.74) is 8.08. The Morgan fingerprint density at radius 1 is 1.31 bits per heavy atom. The van der Waals surface area contributed by atoms with Gasteiger partial charge in [-0.1, -0.05) is 34.1 Å². The van der Waals surface area contributed by atoms with Gasteiger partial charge in [-0.25, -0.2) is 0 Å². The second kappa shape index (κ2) is 5.04. The molecule has 84 valence electrons. The monoisotopic (exact) mass is 299 g/mol. The third-order valence-corrected chi connectivity index (χ3v) is 3.52. The van der Waals surface area contributed by atoms with Gasteiger partial charge in [0.1, 0.15) is 0 Å². The Kier molecular flexibility index (Phi) is 3.69. The summed E-state index contributed by atoms with van der Waals surface area (Å²) in [4.78, 5) is 0. The Labute approximate surface area is 108 Å². The third kappa shape index (κ3) is 2.48. The molecule has 1 atom stereocenters. The molecule has 0 spiro atoms. The summed E-state index contributed by atoms with van der Waals surface area (Å²) in [5.74, 6) is 0. The normalized spacial score (nSPS) is 12.7. The van der Waals surface area contributed by atoms with Gasteiger partial charge in [-0.05, 0) is 35.7 Å². The highest BCUT2D eigenvalue weighted by Gasteiger charge is 2.14. The number of furan rings is 1. The average molecular weight is 301 g/mol. The molecular formula is C12H11BrClNO. The van der Waals surface area contributed by atoms with Crippen molar-refractivity contribution in [2.75, 3.05) is 0 Å². The van der Waals surface area contributed by atoms with E-state index in [0.29, 0.717) is 5.22 Å². The van der Waals surface area contributed by atoms with Gasteiger partial charge in [0.15, 0.2) is 5.22 Å². The maximum atomic E-state index is 6.08. The zero-order valence-corrected chi connectivity index (χ0v) is 10.8. The van der Waals surface area contributed by atoms with E-state index < -0.39 is 0 Å². The Hall–Kier alpha value is -0.770. The molecule has 2 rings (SSSR count). The van der Waals surface area contributed by atoms with E-state index in [2.05, 4.69) is 15.9 Å². The minimum Gasteiger partial charge on any atom is -0.453 e. The first-order valence-electron chi connectivity index (χ1n) is 4.90. The first-order chi connectivity index (χ1) is 7.68. The van der Waals surface area contributed by atoms with Crippen molar-refractivity contribution in [1.29, 1.82) is 0 Å². The molecule has 2 aromatic rings. The summed E-state index contributed by atoms with van der Waals surface area (Å²) in [5, 5.41) is 0.375. The molecule has 0 bridgehead atoms. The van der Waals surface area contributed by atoms with Crippen molar-refractivity contribution in [1.82, 2.24) is 0 Å². The summed E-state index contributed by atoms with van der Waals surface area (Å²) in [6.07, 6.45) is 2.28. The minimum absolute atomic E-state index is 0.148.